The first-order valence-electron chi connectivity index (χ1n) is 3.95. The van der Waals surface area contributed by atoms with Gasteiger partial charge in [-0.2, -0.15) is 0 Å². The zero-order chi connectivity index (χ0) is 10.1. The van der Waals surface area contributed by atoms with Crippen LogP contribution in [0.25, 0.3) is 0 Å². The lowest BCUT2D eigenvalue weighted by Gasteiger charge is -2.21. The van der Waals surface area contributed by atoms with E-state index < -0.39 is 24.6 Å². The van der Waals surface area contributed by atoms with Crippen molar-refractivity contribution in [3.05, 3.63) is 13.3 Å². The van der Waals surface area contributed by atoms with Gasteiger partial charge >= 0.3 is 6.36 Å². The highest BCUT2D eigenvalue weighted by Gasteiger charge is 2.44. The van der Waals surface area contributed by atoms with Gasteiger partial charge in [-0.05, 0) is 25.2 Å². The smallest absolute Gasteiger partial charge is 0.285 e. The molecule has 1 aliphatic carbocycles. The molecule has 0 bridgehead atoms. The summed E-state index contributed by atoms with van der Waals surface area (Å²) in [5.41, 5.74) is 0. The monoisotopic (exact) mass is 198 g/mol. The van der Waals surface area contributed by atoms with Crippen molar-refractivity contribution in [2.75, 3.05) is 0 Å². The lowest BCUT2D eigenvalue weighted by molar-refractivity contribution is -0.350. The molecule has 0 N–H and O–H groups in total. The average Bonchev–Trinajstić information content (AvgIpc) is 2.30. The molecule has 76 valence electrons. The summed E-state index contributed by atoms with van der Waals surface area (Å²) in [5.74, 6) is -0.461. The van der Waals surface area contributed by atoms with Gasteiger partial charge in [0.15, 0.2) is 0 Å². The summed E-state index contributed by atoms with van der Waals surface area (Å²) in [5, 5.41) is 0. The molecule has 0 amide bonds. The summed E-state index contributed by atoms with van der Waals surface area (Å²) in [4.78, 5) is 0. The highest BCUT2D eigenvalue weighted by Crippen LogP contribution is 2.36. The second kappa shape index (κ2) is 3.82. The molecule has 1 nitrogen and oxygen atoms in total. The molecular weight excluding hydrogens is 188 g/mol. The van der Waals surface area contributed by atoms with Crippen LogP contribution in [0.15, 0.2) is 0 Å². The van der Waals surface area contributed by atoms with E-state index in [-0.39, 0.29) is 6.42 Å². The van der Waals surface area contributed by atoms with Gasteiger partial charge in [0.2, 0.25) is 0 Å². The Morgan fingerprint density at radius 2 is 2.08 bits per heavy atom. The van der Waals surface area contributed by atoms with Crippen LogP contribution in [0.1, 0.15) is 12.8 Å². The van der Waals surface area contributed by atoms with Crippen LogP contribution in [0, 0.1) is 19.3 Å². The third-order valence-electron chi connectivity index (χ3n) is 2.08. The molecule has 1 aliphatic rings. The van der Waals surface area contributed by atoms with Gasteiger partial charge in [0.1, 0.15) is 12.3 Å². The topological polar surface area (TPSA) is 9.23 Å². The SMILES string of the molecule is [CH2]CC1C[CH]C(F)C1OC(F)(F)F. The Morgan fingerprint density at radius 1 is 1.46 bits per heavy atom. The van der Waals surface area contributed by atoms with Crippen LogP contribution in [0.3, 0.4) is 0 Å². The van der Waals surface area contributed by atoms with E-state index in [2.05, 4.69) is 11.7 Å². The van der Waals surface area contributed by atoms with Gasteiger partial charge in [-0.15, -0.1) is 13.2 Å². The van der Waals surface area contributed by atoms with E-state index in [1.165, 1.54) is 6.42 Å². The third kappa shape index (κ3) is 2.83. The Kier molecular flexibility index (Phi) is 3.16. The third-order valence-corrected chi connectivity index (χ3v) is 2.08. The summed E-state index contributed by atoms with van der Waals surface area (Å²) >= 11 is 0. The van der Waals surface area contributed by atoms with E-state index in [0.717, 1.165) is 0 Å². The second-order valence-electron chi connectivity index (χ2n) is 2.99. The van der Waals surface area contributed by atoms with E-state index in [4.69, 9.17) is 0 Å². The summed E-state index contributed by atoms with van der Waals surface area (Å²) in [7, 11) is 0. The van der Waals surface area contributed by atoms with Gasteiger partial charge in [-0.1, -0.05) is 6.92 Å². The van der Waals surface area contributed by atoms with Crippen molar-refractivity contribution in [2.24, 2.45) is 5.92 Å². The van der Waals surface area contributed by atoms with Crippen LogP contribution in [-0.4, -0.2) is 18.6 Å². The molecule has 1 fully saturated rings. The van der Waals surface area contributed by atoms with Crippen LogP contribution in [0.5, 0.6) is 0 Å². The van der Waals surface area contributed by atoms with Crippen molar-refractivity contribution in [1.82, 2.24) is 0 Å². The summed E-state index contributed by atoms with van der Waals surface area (Å²) in [6.45, 7) is 3.45. The maximum atomic E-state index is 12.8. The lowest BCUT2D eigenvalue weighted by Crippen LogP contribution is -2.32. The van der Waals surface area contributed by atoms with Gasteiger partial charge in [-0.3, -0.25) is 4.74 Å². The van der Waals surface area contributed by atoms with Crippen molar-refractivity contribution < 1.29 is 22.3 Å². The van der Waals surface area contributed by atoms with Crippen LogP contribution in [0.4, 0.5) is 17.6 Å². The summed E-state index contributed by atoms with van der Waals surface area (Å²) < 4.78 is 51.8. The number of ether oxygens (including phenoxy) is 1. The molecule has 1 rings (SSSR count). The minimum absolute atomic E-state index is 0.248. The van der Waals surface area contributed by atoms with Gasteiger partial charge in [0.05, 0.1) is 0 Å². The summed E-state index contributed by atoms with van der Waals surface area (Å²) in [6.07, 6.45) is -6.05. The van der Waals surface area contributed by atoms with Gasteiger partial charge in [-0.25, -0.2) is 4.39 Å². The molecule has 0 aromatic carbocycles. The van der Waals surface area contributed by atoms with E-state index in [9.17, 15) is 17.6 Å². The molecule has 0 spiro atoms. The number of halogens is 4. The first-order chi connectivity index (χ1) is 5.94. The first kappa shape index (κ1) is 10.8. The molecule has 3 atom stereocenters. The van der Waals surface area contributed by atoms with E-state index >= 15 is 0 Å². The van der Waals surface area contributed by atoms with Gasteiger partial charge in [0.25, 0.3) is 0 Å². The van der Waals surface area contributed by atoms with Crippen LogP contribution < -0.4 is 0 Å². The fraction of sp³-hybridized carbons (Fsp3) is 0.750. The molecule has 5 heteroatoms. The molecule has 0 aliphatic heterocycles. The van der Waals surface area contributed by atoms with Gasteiger partial charge in [0, 0.05) is 0 Å². The van der Waals surface area contributed by atoms with E-state index in [0.29, 0.717) is 6.42 Å². The standard InChI is InChI=1S/C8H10F4O/c1-2-5-3-4-6(9)7(5)13-8(10,11)12/h4-7H,1-3H2. The number of rotatable bonds is 2. The molecule has 0 aromatic heterocycles. The fourth-order valence-electron chi connectivity index (χ4n) is 1.43. The van der Waals surface area contributed by atoms with Crippen molar-refractivity contribution in [3.63, 3.8) is 0 Å². The average molecular weight is 198 g/mol. The highest BCUT2D eigenvalue weighted by atomic mass is 19.4. The lowest BCUT2D eigenvalue weighted by atomic mass is 10.0. The Balaban J connectivity index is 2.54. The number of hydrogen-bond donors (Lipinski definition) is 0. The predicted molar refractivity (Wildman–Crippen MR) is 38.2 cm³/mol. The quantitative estimate of drug-likeness (QED) is 0.620. The van der Waals surface area contributed by atoms with Crippen LogP contribution in [-0.2, 0) is 4.74 Å². The highest BCUT2D eigenvalue weighted by molar-refractivity contribution is 4.98. The van der Waals surface area contributed by atoms with Crippen molar-refractivity contribution >= 4 is 0 Å². The Morgan fingerprint density at radius 3 is 2.54 bits per heavy atom. The van der Waals surface area contributed by atoms with Crippen LogP contribution >= 0.6 is 0 Å². The number of hydrogen-bond acceptors (Lipinski definition) is 1. The Bertz CT molecular complexity index is 168. The largest absolute Gasteiger partial charge is 0.522 e. The van der Waals surface area contributed by atoms with Crippen molar-refractivity contribution in [1.29, 1.82) is 0 Å². The number of alkyl halides is 4. The molecule has 1 saturated carbocycles. The molecular formula is C8H10F4O. The normalized spacial score (nSPS) is 35.3. The fourth-order valence-corrected chi connectivity index (χ4v) is 1.43. The second-order valence-corrected chi connectivity index (χ2v) is 2.99. The van der Waals surface area contributed by atoms with Crippen molar-refractivity contribution in [3.8, 4) is 0 Å². The zero-order valence-corrected chi connectivity index (χ0v) is 6.85. The maximum absolute atomic E-state index is 12.8. The van der Waals surface area contributed by atoms with E-state index in [1.54, 1.807) is 0 Å². The van der Waals surface area contributed by atoms with Crippen molar-refractivity contribution in [2.45, 2.75) is 31.5 Å². The minimum Gasteiger partial charge on any atom is -0.285 e. The summed E-state index contributed by atoms with van der Waals surface area (Å²) in [6, 6.07) is 0. The van der Waals surface area contributed by atoms with Crippen LogP contribution in [0.2, 0.25) is 0 Å². The first-order valence-corrected chi connectivity index (χ1v) is 3.95. The Hall–Kier alpha value is -0.320. The maximum Gasteiger partial charge on any atom is 0.522 e. The molecule has 0 aromatic rings. The predicted octanol–water partition coefficient (Wildman–Crippen LogP) is 2.68. The molecule has 3 unspecified atom stereocenters. The molecule has 0 heterocycles. The zero-order valence-electron chi connectivity index (χ0n) is 6.85. The molecule has 2 radical (unpaired) electrons. The van der Waals surface area contributed by atoms with E-state index in [1.807, 2.05) is 0 Å². The Labute approximate surface area is 74.1 Å². The minimum atomic E-state index is -4.76. The molecule has 0 saturated heterocycles. The van der Waals surface area contributed by atoms with Gasteiger partial charge < -0.3 is 0 Å². The molecule has 13 heavy (non-hydrogen) atoms.